The molecule has 0 saturated heterocycles. The Balaban J connectivity index is 2.03. The van der Waals surface area contributed by atoms with Crippen LogP contribution < -0.4 is 5.32 Å². The van der Waals surface area contributed by atoms with E-state index in [0.29, 0.717) is 21.6 Å². The third-order valence-electron chi connectivity index (χ3n) is 2.52. The molecule has 1 unspecified atom stereocenters. The molecular formula is C13H13Cl2N3O. The highest BCUT2D eigenvalue weighted by Gasteiger charge is 2.10. The van der Waals surface area contributed by atoms with Crippen molar-refractivity contribution in [1.29, 1.82) is 0 Å². The lowest BCUT2D eigenvalue weighted by atomic mass is 10.1. The van der Waals surface area contributed by atoms with Crippen LogP contribution in [-0.2, 0) is 0 Å². The normalized spacial score (nSPS) is 12.2. The van der Waals surface area contributed by atoms with Crippen molar-refractivity contribution in [2.45, 2.75) is 13.0 Å². The Morgan fingerprint density at radius 3 is 2.58 bits per heavy atom. The molecule has 0 aliphatic rings. The molecule has 1 aromatic carbocycles. The van der Waals surface area contributed by atoms with Gasteiger partial charge in [-0.1, -0.05) is 23.2 Å². The van der Waals surface area contributed by atoms with Gasteiger partial charge in [0.05, 0.1) is 6.10 Å². The van der Waals surface area contributed by atoms with Crippen molar-refractivity contribution in [1.82, 2.24) is 9.97 Å². The minimum atomic E-state index is -0.736. The number of halogens is 2. The lowest BCUT2D eigenvalue weighted by Crippen LogP contribution is -2.14. The summed E-state index contributed by atoms with van der Waals surface area (Å²) in [7, 11) is 0. The van der Waals surface area contributed by atoms with Gasteiger partial charge in [0, 0.05) is 28.5 Å². The molecule has 1 heterocycles. The molecule has 0 fully saturated rings. The van der Waals surface area contributed by atoms with E-state index in [1.54, 1.807) is 30.5 Å². The van der Waals surface area contributed by atoms with E-state index in [-0.39, 0.29) is 6.54 Å². The number of aliphatic hydroxyl groups excluding tert-OH is 1. The van der Waals surface area contributed by atoms with Gasteiger partial charge in [0.25, 0.3) is 0 Å². The van der Waals surface area contributed by atoms with Gasteiger partial charge in [-0.05, 0) is 36.8 Å². The van der Waals surface area contributed by atoms with E-state index in [4.69, 9.17) is 23.2 Å². The van der Waals surface area contributed by atoms with Crippen LogP contribution >= 0.6 is 23.2 Å². The standard InChI is InChI=1S/C13H13Cl2N3O/c1-8-2-3-16-13(18-8)17-7-12(19)9-4-10(14)6-11(15)5-9/h2-6,12,19H,7H2,1H3,(H,16,17,18). The van der Waals surface area contributed by atoms with Gasteiger partial charge in [0.2, 0.25) is 5.95 Å². The molecule has 2 N–H and O–H groups in total. The summed E-state index contributed by atoms with van der Waals surface area (Å²) in [5, 5.41) is 14.0. The summed E-state index contributed by atoms with van der Waals surface area (Å²) in [6.07, 6.45) is 0.924. The first-order valence-electron chi connectivity index (χ1n) is 5.72. The van der Waals surface area contributed by atoms with E-state index in [0.717, 1.165) is 5.69 Å². The Bertz CT molecular complexity index is 557. The van der Waals surface area contributed by atoms with E-state index in [1.165, 1.54) is 0 Å². The number of anilines is 1. The van der Waals surface area contributed by atoms with Crippen LogP contribution in [0.5, 0.6) is 0 Å². The van der Waals surface area contributed by atoms with Crippen molar-refractivity contribution in [2.75, 3.05) is 11.9 Å². The second kappa shape index (κ2) is 6.19. The zero-order valence-electron chi connectivity index (χ0n) is 10.3. The Hall–Kier alpha value is -1.36. The van der Waals surface area contributed by atoms with Crippen LogP contribution in [0.4, 0.5) is 5.95 Å². The summed E-state index contributed by atoms with van der Waals surface area (Å²) < 4.78 is 0. The molecule has 1 atom stereocenters. The molecule has 2 rings (SSSR count). The van der Waals surface area contributed by atoms with Crippen molar-refractivity contribution in [3.05, 3.63) is 51.8 Å². The Morgan fingerprint density at radius 1 is 1.26 bits per heavy atom. The molecule has 0 radical (unpaired) electrons. The molecule has 0 spiro atoms. The number of rotatable bonds is 4. The first-order valence-corrected chi connectivity index (χ1v) is 6.48. The minimum Gasteiger partial charge on any atom is -0.387 e. The lowest BCUT2D eigenvalue weighted by molar-refractivity contribution is 0.191. The number of hydrogen-bond acceptors (Lipinski definition) is 4. The molecule has 0 aliphatic heterocycles. The number of aliphatic hydroxyl groups is 1. The predicted molar refractivity (Wildman–Crippen MR) is 76.7 cm³/mol. The maximum Gasteiger partial charge on any atom is 0.222 e. The number of nitrogens with zero attached hydrogens (tertiary/aromatic N) is 2. The highest BCUT2D eigenvalue weighted by molar-refractivity contribution is 6.34. The SMILES string of the molecule is Cc1ccnc(NCC(O)c2cc(Cl)cc(Cl)c2)n1. The van der Waals surface area contributed by atoms with Crippen molar-refractivity contribution < 1.29 is 5.11 Å². The van der Waals surface area contributed by atoms with E-state index >= 15 is 0 Å². The number of aryl methyl sites for hydroxylation is 1. The van der Waals surface area contributed by atoms with Gasteiger partial charge >= 0.3 is 0 Å². The van der Waals surface area contributed by atoms with Gasteiger partial charge < -0.3 is 10.4 Å². The van der Waals surface area contributed by atoms with Gasteiger partial charge in [0.1, 0.15) is 0 Å². The molecule has 0 saturated carbocycles. The summed E-state index contributed by atoms with van der Waals surface area (Å²) in [4.78, 5) is 8.24. The largest absolute Gasteiger partial charge is 0.387 e. The zero-order valence-corrected chi connectivity index (χ0v) is 11.8. The third kappa shape index (κ3) is 4.06. The maximum atomic E-state index is 10.1. The highest BCUT2D eigenvalue weighted by atomic mass is 35.5. The fourth-order valence-electron chi connectivity index (χ4n) is 1.61. The third-order valence-corrected chi connectivity index (χ3v) is 2.95. The van der Waals surface area contributed by atoms with Crippen LogP contribution in [0.1, 0.15) is 17.4 Å². The minimum absolute atomic E-state index is 0.278. The summed E-state index contributed by atoms with van der Waals surface area (Å²) >= 11 is 11.8. The summed E-state index contributed by atoms with van der Waals surface area (Å²) in [5.74, 6) is 0.479. The molecule has 0 amide bonds. The molecule has 6 heteroatoms. The average molecular weight is 298 g/mol. The van der Waals surface area contributed by atoms with Crippen LogP contribution in [0.15, 0.2) is 30.5 Å². The van der Waals surface area contributed by atoms with Gasteiger partial charge in [-0.3, -0.25) is 0 Å². The molecule has 100 valence electrons. The average Bonchev–Trinajstić information content (AvgIpc) is 2.35. The Labute approximate surface area is 121 Å². The fraction of sp³-hybridized carbons (Fsp3) is 0.231. The molecule has 19 heavy (non-hydrogen) atoms. The van der Waals surface area contributed by atoms with Crippen molar-refractivity contribution >= 4 is 29.2 Å². The summed E-state index contributed by atoms with van der Waals surface area (Å²) in [6, 6.07) is 6.78. The Morgan fingerprint density at radius 2 is 1.95 bits per heavy atom. The zero-order chi connectivity index (χ0) is 13.8. The van der Waals surface area contributed by atoms with E-state index < -0.39 is 6.10 Å². The Kier molecular flexibility index (Phi) is 4.58. The quantitative estimate of drug-likeness (QED) is 0.910. The van der Waals surface area contributed by atoms with Crippen LogP contribution in [0.2, 0.25) is 10.0 Å². The van der Waals surface area contributed by atoms with Crippen LogP contribution in [-0.4, -0.2) is 21.6 Å². The molecular weight excluding hydrogens is 285 g/mol. The first kappa shape index (κ1) is 14.1. The lowest BCUT2D eigenvalue weighted by Gasteiger charge is -2.13. The molecule has 0 bridgehead atoms. The van der Waals surface area contributed by atoms with Gasteiger partial charge in [-0.15, -0.1) is 0 Å². The van der Waals surface area contributed by atoms with Crippen molar-refractivity contribution in [2.24, 2.45) is 0 Å². The first-order chi connectivity index (χ1) is 9.04. The van der Waals surface area contributed by atoms with Crippen molar-refractivity contribution in [3.8, 4) is 0 Å². The van der Waals surface area contributed by atoms with Crippen LogP contribution in [0, 0.1) is 6.92 Å². The molecule has 1 aromatic heterocycles. The second-order valence-electron chi connectivity index (χ2n) is 4.12. The maximum absolute atomic E-state index is 10.1. The van der Waals surface area contributed by atoms with E-state index in [1.807, 2.05) is 6.92 Å². The van der Waals surface area contributed by atoms with Gasteiger partial charge in [0.15, 0.2) is 0 Å². The van der Waals surface area contributed by atoms with Gasteiger partial charge in [-0.25, -0.2) is 9.97 Å². The number of nitrogens with one attached hydrogen (secondary N) is 1. The topological polar surface area (TPSA) is 58.0 Å². The number of aromatic nitrogens is 2. The van der Waals surface area contributed by atoms with E-state index in [9.17, 15) is 5.11 Å². The second-order valence-corrected chi connectivity index (χ2v) is 4.99. The van der Waals surface area contributed by atoms with E-state index in [2.05, 4.69) is 15.3 Å². The van der Waals surface area contributed by atoms with Crippen LogP contribution in [0.25, 0.3) is 0 Å². The predicted octanol–water partition coefficient (Wildman–Crippen LogP) is 3.24. The van der Waals surface area contributed by atoms with Crippen molar-refractivity contribution in [3.63, 3.8) is 0 Å². The van der Waals surface area contributed by atoms with Crippen LogP contribution in [0.3, 0.4) is 0 Å². The summed E-state index contributed by atoms with van der Waals surface area (Å²) in [6.45, 7) is 2.15. The monoisotopic (exact) mass is 297 g/mol. The summed E-state index contributed by atoms with van der Waals surface area (Å²) in [5.41, 5.74) is 1.51. The fourth-order valence-corrected chi connectivity index (χ4v) is 2.15. The molecule has 0 aliphatic carbocycles. The number of benzene rings is 1. The molecule has 2 aromatic rings. The van der Waals surface area contributed by atoms with Gasteiger partial charge in [-0.2, -0.15) is 0 Å². The molecule has 4 nitrogen and oxygen atoms in total. The highest BCUT2D eigenvalue weighted by Crippen LogP contribution is 2.23. The number of hydrogen-bond donors (Lipinski definition) is 2. The smallest absolute Gasteiger partial charge is 0.222 e.